The van der Waals surface area contributed by atoms with Crippen LogP contribution >= 0.6 is 0 Å². The van der Waals surface area contributed by atoms with Gasteiger partial charge in [0.15, 0.2) is 0 Å². The van der Waals surface area contributed by atoms with Crippen LogP contribution in [0.5, 0.6) is 0 Å². The lowest BCUT2D eigenvalue weighted by Crippen LogP contribution is -2.51. The van der Waals surface area contributed by atoms with Crippen LogP contribution in [-0.4, -0.2) is 21.8 Å². The molecule has 1 aromatic heterocycles. The van der Waals surface area contributed by atoms with E-state index in [2.05, 4.69) is 19.1 Å². The molecule has 4 atom stereocenters. The molecule has 1 heterocycles. The molecule has 1 unspecified atom stereocenters. The molecule has 1 saturated carbocycles. The molecule has 2 aromatic rings. The third-order valence-corrected chi connectivity index (χ3v) is 6.48. The Kier molecular flexibility index (Phi) is 3.67. The molecule has 25 heavy (non-hydrogen) atoms. The van der Waals surface area contributed by atoms with Gasteiger partial charge in [-0.05, 0) is 25.2 Å². The first-order valence-corrected chi connectivity index (χ1v) is 9.08. The van der Waals surface area contributed by atoms with Crippen LogP contribution in [0.3, 0.4) is 0 Å². The minimum Gasteiger partial charge on any atom is -0.303 e. The fourth-order valence-corrected chi connectivity index (χ4v) is 5.27. The van der Waals surface area contributed by atoms with E-state index in [0.717, 1.165) is 24.8 Å². The van der Waals surface area contributed by atoms with Crippen molar-refractivity contribution in [1.29, 1.82) is 0 Å². The molecule has 0 radical (unpaired) electrons. The molecule has 0 amide bonds. The summed E-state index contributed by atoms with van der Waals surface area (Å²) >= 11 is 0. The van der Waals surface area contributed by atoms with Gasteiger partial charge in [0.25, 0.3) is 0 Å². The van der Waals surface area contributed by atoms with E-state index in [1.165, 1.54) is 16.8 Å². The number of benzene rings is 1. The number of carbonyl (C=O) groups is 2. The first kappa shape index (κ1) is 16.2. The number of carbonyl (C=O) groups excluding carboxylic acids is 2. The number of aldehydes is 1. The maximum atomic E-state index is 12.5. The highest BCUT2D eigenvalue weighted by Gasteiger charge is 2.53. The lowest BCUT2D eigenvalue weighted by atomic mass is 9.54. The minimum absolute atomic E-state index is 0.0794. The van der Waals surface area contributed by atoms with Crippen LogP contribution in [0.1, 0.15) is 37.9 Å². The topological polar surface area (TPSA) is 52.0 Å². The van der Waals surface area contributed by atoms with Crippen LogP contribution in [0, 0.1) is 17.8 Å². The summed E-state index contributed by atoms with van der Waals surface area (Å²) in [6.07, 6.45) is 3.35. The number of nitrogens with zero attached hydrogens (tertiary/aromatic N) is 2. The number of rotatable bonds is 2. The van der Waals surface area contributed by atoms with E-state index in [9.17, 15) is 9.59 Å². The maximum Gasteiger partial charge on any atom is 0.146 e. The van der Waals surface area contributed by atoms with E-state index >= 15 is 0 Å². The second-order valence-electron chi connectivity index (χ2n) is 7.87. The van der Waals surface area contributed by atoms with Gasteiger partial charge in [-0.3, -0.25) is 9.48 Å². The first-order chi connectivity index (χ1) is 12.0. The molecule has 0 N–H and O–H groups in total. The second-order valence-corrected chi connectivity index (χ2v) is 7.87. The number of aryl methyl sites for hydroxylation is 1. The third kappa shape index (κ3) is 2.23. The Bertz CT molecular complexity index is 839. The Morgan fingerprint density at radius 3 is 2.68 bits per heavy atom. The summed E-state index contributed by atoms with van der Waals surface area (Å²) in [5.41, 5.74) is 4.52. The van der Waals surface area contributed by atoms with Crippen LogP contribution in [0.2, 0.25) is 0 Å². The molecule has 0 spiro atoms. The predicted octanol–water partition coefficient (Wildman–Crippen LogP) is 3.33. The van der Waals surface area contributed by atoms with E-state index in [0.29, 0.717) is 6.42 Å². The molecule has 2 aliphatic rings. The number of aromatic nitrogens is 2. The van der Waals surface area contributed by atoms with Crippen LogP contribution in [0.4, 0.5) is 0 Å². The van der Waals surface area contributed by atoms with Gasteiger partial charge in [-0.2, -0.15) is 5.10 Å². The number of Topliss-reactive ketones (excluding diaryl/α,β-unsaturated/α-hetero) is 1. The number of ketones is 1. The van der Waals surface area contributed by atoms with Crippen molar-refractivity contribution in [3.8, 4) is 11.3 Å². The lowest BCUT2D eigenvalue weighted by Gasteiger charge is -2.48. The van der Waals surface area contributed by atoms with Gasteiger partial charge >= 0.3 is 0 Å². The zero-order valence-corrected chi connectivity index (χ0v) is 15.0. The van der Waals surface area contributed by atoms with Gasteiger partial charge < -0.3 is 4.79 Å². The Hall–Kier alpha value is -2.23. The summed E-state index contributed by atoms with van der Waals surface area (Å²) in [5.74, 6) is -0.198. The molecule has 4 heteroatoms. The largest absolute Gasteiger partial charge is 0.303 e. The van der Waals surface area contributed by atoms with Crippen molar-refractivity contribution in [3.63, 3.8) is 0 Å². The lowest BCUT2D eigenvalue weighted by molar-refractivity contribution is -0.137. The van der Waals surface area contributed by atoms with E-state index in [4.69, 9.17) is 5.10 Å². The summed E-state index contributed by atoms with van der Waals surface area (Å²) in [6, 6.07) is 10.4. The van der Waals surface area contributed by atoms with Gasteiger partial charge in [-0.15, -0.1) is 0 Å². The number of hydrogen-bond donors (Lipinski definition) is 0. The molecule has 0 saturated heterocycles. The van der Waals surface area contributed by atoms with Gasteiger partial charge in [0.05, 0.1) is 17.3 Å². The Labute approximate surface area is 148 Å². The number of hydrogen-bond acceptors (Lipinski definition) is 3. The second kappa shape index (κ2) is 5.65. The van der Waals surface area contributed by atoms with Crippen molar-refractivity contribution in [3.05, 3.63) is 41.6 Å². The average molecular weight is 336 g/mol. The third-order valence-electron chi connectivity index (χ3n) is 6.48. The van der Waals surface area contributed by atoms with Gasteiger partial charge in [-0.25, -0.2) is 0 Å². The van der Waals surface area contributed by atoms with Crippen LogP contribution in [0.25, 0.3) is 11.3 Å². The first-order valence-electron chi connectivity index (χ1n) is 9.08. The van der Waals surface area contributed by atoms with Gasteiger partial charge in [-0.1, -0.05) is 44.2 Å². The summed E-state index contributed by atoms with van der Waals surface area (Å²) < 4.78 is 1.98. The maximum absolute atomic E-state index is 12.5. The molecular formula is C21H24N2O2. The van der Waals surface area contributed by atoms with Crippen molar-refractivity contribution >= 4 is 12.1 Å². The Morgan fingerprint density at radius 1 is 1.28 bits per heavy atom. The molecule has 130 valence electrons. The van der Waals surface area contributed by atoms with E-state index in [-0.39, 0.29) is 23.0 Å². The highest BCUT2D eigenvalue weighted by atomic mass is 16.1. The normalized spacial score (nSPS) is 31.3. The van der Waals surface area contributed by atoms with Gasteiger partial charge in [0, 0.05) is 29.5 Å². The smallest absolute Gasteiger partial charge is 0.146 e. The van der Waals surface area contributed by atoms with Crippen molar-refractivity contribution in [1.82, 2.24) is 9.78 Å². The summed E-state index contributed by atoms with van der Waals surface area (Å²) in [4.78, 5) is 24.0. The molecule has 2 aliphatic carbocycles. The van der Waals surface area contributed by atoms with Crippen molar-refractivity contribution in [2.24, 2.45) is 24.8 Å². The van der Waals surface area contributed by atoms with Crippen LogP contribution in [0.15, 0.2) is 30.3 Å². The standard InChI is InChI=1S/C21H24N2O2/c1-13-17-10-9-16-18(14-7-5-4-6-8-14)23(3)22-20(16)21(17,2)11-15(12-24)19(13)25/h4-8,12-13,15,17H,9-11H2,1-3H3/t13-,15?,17-,21-/m0/s1. The van der Waals surface area contributed by atoms with Gasteiger partial charge in [0.2, 0.25) is 0 Å². The minimum atomic E-state index is -0.496. The monoisotopic (exact) mass is 336 g/mol. The summed E-state index contributed by atoms with van der Waals surface area (Å²) in [6.45, 7) is 4.20. The Balaban J connectivity index is 1.87. The van der Waals surface area contributed by atoms with Crippen LogP contribution in [-0.2, 0) is 28.5 Å². The highest BCUT2D eigenvalue weighted by Crippen LogP contribution is 2.53. The average Bonchev–Trinajstić information content (AvgIpc) is 2.96. The Morgan fingerprint density at radius 2 is 2.00 bits per heavy atom. The fraction of sp³-hybridized carbons (Fsp3) is 0.476. The molecule has 1 aromatic carbocycles. The van der Waals surface area contributed by atoms with Crippen molar-refractivity contribution in [2.45, 2.75) is 38.5 Å². The molecule has 0 bridgehead atoms. The zero-order chi connectivity index (χ0) is 17.8. The molecule has 1 fully saturated rings. The zero-order valence-electron chi connectivity index (χ0n) is 15.0. The molecule has 4 rings (SSSR count). The molecule has 0 aliphatic heterocycles. The van der Waals surface area contributed by atoms with Gasteiger partial charge in [0.1, 0.15) is 12.1 Å². The molecule has 4 nitrogen and oxygen atoms in total. The van der Waals surface area contributed by atoms with E-state index < -0.39 is 5.92 Å². The quantitative estimate of drug-likeness (QED) is 0.624. The SMILES string of the molecule is C[C@@H]1C(=O)C(C=O)C[C@]2(C)c3nn(C)c(-c4ccccc4)c3CC[C@@H]12. The fourth-order valence-electron chi connectivity index (χ4n) is 5.27. The van der Waals surface area contributed by atoms with Crippen molar-refractivity contribution < 1.29 is 9.59 Å². The van der Waals surface area contributed by atoms with E-state index in [1.807, 2.05) is 36.9 Å². The summed E-state index contributed by atoms with van der Waals surface area (Å²) in [5, 5.41) is 4.90. The predicted molar refractivity (Wildman–Crippen MR) is 96.1 cm³/mol. The van der Waals surface area contributed by atoms with Crippen LogP contribution < -0.4 is 0 Å². The molecular weight excluding hydrogens is 312 g/mol. The number of fused-ring (bicyclic) bond motifs is 3. The highest BCUT2D eigenvalue weighted by molar-refractivity contribution is 5.96. The summed E-state index contributed by atoms with van der Waals surface area (Å²) in [7, 11) is 1.99. The van der Waals surface area contributed by atoms with E-state index in [1.54, 1.807) is 0 Å². The van der Waals surface area contributed by atoms with Crippen molar-refractivity contribution in [2.75, 3.05) is 0 Å².